The Labute approximate surface area is 207 Å². The number of halogens is 1. The third kappa shape index (κ3) is 5.57. The van der Waals surface area contributed by atoms with Crippen molar-refractivity contribution in [2.24, 2.45) is 0 Å². The molecule has 0 radical (unpaired) electrons. The molecule has 1 aliphatic carbocycles. The van der Waals surface area contributed by atoms with Gasteiger partial charge < -0.3 is 15.1 Å². The van der Waals surface area contributed by atoms with E-state index in [2.05, 4.69) is 41.4 Å². The standard InChI is InChI=1S/C28H35FN4O2/c1-20-3-5-21(6-4-20)18-32(24-11-12-24)25-17-26(28(35)31-15-2-13-30-14-16-31)33(19-25)27(34)22-7-9-23(29)10-8-22/h3-10,24-26,30H,2,11-19H2,1H3. The molecule has 2 atom stereocenters. The van der Waals surface area contributed by atoms with Gasteiger partial charge in [-0.1, -0.05) is 29.8 Å². The fourth-order valence-electron chi connectivity index (χ4n) is 5.41. The van der Waals surface area contributed by atoms with Gasteiger partial charge in [-0.3, -0.25) is 14.5 Å². The summed E-state index contributed by atoms with van der Waals surface area (Å²) in [5, 5.41) is 3.35. The van der Waals surface area contributed by atoms with Crippen LogP contribution in [0.3, 0.4) is 0 Å². The van der Waals surface area contributed by atoms with Crippen molar-refractivity contribution in [3.8, 4) is 0 Å². The lowest BCUT2D eigenvalue weighted by atomic mass is 10.1. The molecule has 2 amide bonds. The van der Waals surface area contributed by atoms with Crippen molar-refractivity contribution in [2.45, 2.75) is 57.3 Å². The van der Waals surface area contributed by atoms with Crippen LogP contribution in [0.25, 0.3) is 0 Å². The van der Waals surface area contributed by atoms with Crippen molar-refractivity contribution in [2.75, 3.05) is 32.7 Å². The first-order valence-electron chi connectivity index (χ1n) is 12.9. The maximum Gasteiger partial charge on any atom is 0.254 e. The van der Waals surface area contributed by atoms with Gasteiger partial charge in [-0.15, -0.1) is 0 Å². The lowest BCUT2D eigenvalue weighted by Gasteiger charge is -2.29. The molecule has 1 saturated carbocycles. The molecule has 2 aromatic rings. The van der Waals surface area contributed by atoms with Crippen LogP contribution in [0, 0.1) is 12.7 Å². The summed E-state index contributed by atoms with van der Waals surface area (Å²) in [7, 11) is 0. The van der Waals surface area contributed by atoms with Crippen molar-refractivity contribution < 1.29 is 14.0 Å². The average molecular weight is 479 g/mol. The number of hydrogen-bond donors (Lipinski definition) is 1. The zero-order valence-electron chi connectivity index (χ0n) is 20.5. The van der Waals surface area contributed by atoms with Crippen LogP contribution < -0.4 is 5.32 Å². The highest BCUT2D eigenvalue weighted by molar-refractivity contribution is 5.98. The zero-order chi connectivity index (χ0) is 24.4. The van der Waals surface area contributed by atoms with Crippen LogP contribution in [0.1, 0.15) is 47.2 Å². The van der Waals surface area contributed by atoms with Gasteiger partial charge in [0.15, 0.2) is 0 Å². The lowest BCUT2D eigenvalue weighted by Crippen LogP contribution is -2.48. The summed E-state index contributed by atoms with van der Waals surface area (Å²) in [6.07, 6.45) is 3.86. The minimum atomic E-state index is -0.491. The number of carbonyl (C=O) groups excluding carboxylic acids is 2. The molecule has 2 saturated heterocycles. The van der Waals surface area contributed by atoms with Crippen molar-refractivity contribution in [3.05, 3.63) is 71.0 Å². The number of carbonyl (C=O) groups is 2. The molecular formula is C28H35FN4O2. The number of hydrogen-bond acceptors (Lipinski definition) is 4. The number of rotatable bonds is 6. The summed E-state index contributed by atoms with van der Waals surface area (Å²) < 4.78 is 13.5. The monoisotopic (exact) mass is 478 g/mol. The van der Waals surface area contributed by atoms with Crippen LogP contribution >= 0.6 is 0 Å². The Morgan fingerprint density at radius 3 is 2.46 bits per heavy atom. The molecule has 2 aliphatic heterocycles. The molecule has 2 unspecified atom stereocenters. The first-order valence-corrected chi connectivity index (χ1v) is 12.9. The average Bonchev–Trinajstić information content (AvgIpc) is 3.66. The number of aryl methyl sites for hydroxylation is 1. The minimum Gasteiger partial charge on any atom is -0.340 e. The minimum absolute atomic E-state index is 0.0396. The van der Waals surface area contributed by atoms with Crippen LogP contribution in [-0.4, -0.2) is 77.4 Å². The lowest BCUT2D eigenvalue weighted by molar-refractivity contribution is -0.135. The van der Waals surface area contributed by atoms with Crippen molar-refractivity contribution in [1.29, 1.82) is 0 Å². The summed E-state index contributed by atoms with van der Waals surface area (Å²) in [6.45, 7) is 6.48. The van der Waals surface area contributed by atoms with Crippen molar-refractivity contribution >= 4 is 11.8 Å². The Balaban J connectivity index is 1.40. The molecule has 2 heterocycles. The SMILES string of the molecule is Cc1ccc(CN(C2CC2)C2CC(C(=O)N3CCCNCC3)N(C(=O)c3ccc(F)cc3)C2)cc1. The Morgan fingerprint density at radius 2 is 1.74 bits per heavy atom. The zero-order valence-corrected chi connectivity index (χ0v) is 20.5. The molecule has 0 bridgehead atoms. The molecule has 35 heavy (non-hydrogen) atoms. The molecule has 3 fully saturated rings. The topological polar surface area (TPSA) is 55.9 Å². The van der Waals surface area contributed by atoms with Gasteiger partial charge in [0.25, 0.3) is 5.91 Å². The number of amides is 2. The molecule has 186 valence electrons. The summed E-state index contributed by atoms with van der Waals surface area (Å²) in [5.41, 5.74) is 2.92. The summed E-state index contributed by atoms with van der Waals surface area (Å²) in [6, 6.07) is 14.4. The van der Waals surface area contributed by atoms with Crippen LogP contribution in [0.5, 0.6) is 0 Å². The second kappa shape index (κ2) is 10.5. The molecular weight excluding hydrogens is 443 g/mol. The smallest absolute Gasteiger partial charge is 0.254 e. The largest absolute Gasteiger partial charge is 0.340 e. The van der Waals surface area contributed by atoms with Crippen molar-refractivity contribution in [1.82, 2.24) is 20.0 Å². The van der Waals surface area contributed by atoms with Crippen LogP contribution in [0.2, 0.25) is 0 Å². The van der Waals surface area contributed by atoms with E-state index in [9.17, 15) is 14.0 Å². The Bertz CT molecular complexity index is 1030. The molecule has 0 aromatic heterocycles. The maximum atomic E-state index is 13.7. The van der Waals surface area contributed by atoms with Crippen molar-refractivity contribution in [3.63, 3.8) is 0 Å². The first kappa shape index (κ1) is 23.9. The van der Waals surface area contributed by atoms with E-state index < -0.39 is 6.04 Å². The molecule has 3 aliphatic rings. The van der Waals surface area contributed by atoms with Gasteiger partial charge in [-0.05, 0) is 69.0 Å². The predicted octanol–water partition coefficient (Wildman–Crippen LogP) is 3.20. The Kier molecular flexibility index (Phi) is 7.16. The quantitative estimate of drug-likeness (QED) is 0.693. The van der Waals surface area contributed by atoms with Gasteiger partial charge in [0.05, 0.1) is 0 Å². The maximum absolute atomic E-state index is 13.7. The van der Waals surface area contributed by atoms with E-state index in [-0.39, 0.29) is 23.7 Å². The normalized spacial score (nSPS) is 22.9. The van der Waals surface area contributed by atoms with Gasteiger partial charge in [0, 0.05) is 50.4 Å². The summed E-state index contributed by atoms with van der Waals surface area (Å²) in [4.78, 5) is 33.5. The molecule has 6 nitrogen and oxygen atoms in total. The van der Waals surface area contributed by atoms with E-state index >= 15 is 0 Å². The fraction of sp³-hybridized carbons (Fsp3) is 0.500. The molecule has 5 rings (SSSR count). The van der Waals surface area contributed by atoms with E-state index in [1.807, 2.05) is 4.90 Å². The fourth-order valence-corrected chi connectivity index (χ4v) is 5.41. The molecule has 7 heteroatoms. The highest BCUT2D eigenvalue weighted by Gasteiger charge is 2.46. The summed E-state index contributed by atoms with van der Waals surface area (Å²) in [5.74, 6) is -0.522. The highest BCUT2D eigenvalue weighted by atomic mass is 19.1. The second-order valence-corrected chi connectivity index (χ2v) is 10.2. The first-order chi connectivity index (χ1) is 17.0. The van der Waals surface area contributed by atoms with E-state index in [0.29, 0.717) is 37.7 Å². The van der Waals surface area contributed by atoms with Gasteiger partial charge >= 0.3 is 0 Å². The van der Waals surface area contributed by atoms with E-state index in [0.717, 1.165) is 38.9 Å². The van der Waals surface area contributed by atoms with E-state index in [1.165, 1.54) is 35.4 Å². The van der Waals surface area contributed by atoms with E-state index in [4.69, 9.17) is 0 Å². The molecule has 2 aromatic carbocycles. The van der Waals surface area contributed by atoms with Crippen LogP contribution in [0.4, 0.5) is 4.39 Å². The van der Waals surface area contributed by atoms with Gasteiger partial charge in [-0.2, -0.15) is 0 Å². The van der Waals surface area contributed by atoms with Gasteiger partial charge in [-0.25, -0.2) is 4.39 Å². The van der Waals surface area contributed by atoms with Gasteiger partial charge in [0.2, 0.25) is 5.91 Å². The Hall–Kier alpha value is -2.77. The number of benzene rings is 2. The third-order valence-corrected chi connectivity index (χ3v) is 7.54. The predicted molar refractivity (Wildman–Crippen MR) is 133 cm³/mol. The summed E-state index contributed by atoms with van der Waals surface area (Å²) >= 11 is 0. The third-order valence-electron chi connectivity index (χ3n) is 7.54. The number of likely N-dealkylation sites (tertiary alicyclic amines) is 1. The molecule has 1 N–H and O–H groups in total. The number of nitrogens with one attached hydrogen (secondary N) is 1. The van der Waals surface area contributed by atoms with Crippen LogP contribution in [0.15, 0.2) is 48.5 Å². The molecule has 0 spiro atoms. The Morgan fingerprint density at radius 1 is 1.00 bits per heavy atom. The van der Waals surface area contributed by atoms with E-state index in [1.54, 1.807) is 4.90 Å². The number of nitrogens with zero attached hydrogens (tertiary/aromatic N) is 3. The second-order valence-electron chi connectivity index (χ2n) is 10.2. The van der Waals surface area contributed by atoms with Gasteiger partial charge in [0.1, 0.15) is 11.9 Å². The van der Waals surface area contributed by atoms with Crippen LogP contribution in [-0.2, 0) is 11.3 Å². The highest BCUT2D eigenvalue weighted by Crippen LogP contribution is 2.35.